The Morgan fingerprint density at radius 1 is 0.778 bits per heavy atom. The molecule has 0 aromatic heterocycles. The molecule has 2 aromatic carbocycles. The largest absolute Gasteiger partial charge is 0.497 e. The molecule has 0 aliphatic carbocycles. The van der Waals surface area contributed by atoms with Gasteiger partial charge < -0.3 is 14.2 Å². The molecular weight excluding hydrogens is 344 g/mol. The minimum absolute atomic E-state index is 0.0572. The number of carbonyl (C=O) groups is 2. The van der Waals surface area contributed by atoms with Crippen molar-refractivity contribution in [2.45, 2.75) is 12.8 Å². The molecule has 1 aliphatic rings. The predicted octanol–water partition coefficient (Wildman–Crippen LogP) is 3.81. The molecule has 1 fully saturated rings. The molecule has 0 radical (unpaired) electrons. The Kier molecular flexibility index (Phi) is 6.24. The van der Waals surface area contributed by atoms with Crippen LogP contribution >= 0.6 is 0 Å². The van der Waals surface area contributed by atoms with E-state index >= 15 is 0 Å². The van der Waals surface area contributed by atoms with Crippen LogP contribution in [0, 0.1) is 11.8 Å². The number of methoxy groups -OCH3 is 2. The van der Waals surface area contributed by atoms with Gasteiger partial charge >= 0.3 is 0 Å². The fourth-order valence-corrected chi connectivity index (χ4v) is 3.36. The SMILES string of the molecule is COc1ccc(C(=O)C[C@@H]2COC[C@H]2CC(=O)c2ccc(OC)cc2)cc1. The van der Waals surface area contributed by atoms with E-state index in [1.54, 1.807) is 62.8 Å². The van der Waals surface area contributed by atoms with Crippen LogP contribution in [0.15, 0.2) is 48.5 Å². The minimum Gasteiger partial charge on any atom is -0.497 e. The summed E-state index contributed by atoms with van der Waals surface area (Å²) in [5.41, 5.74) is 1.31. The van der Waals surface area contributed by atoms with Crippen LogP contribution in [0.25, 0.3) is 0 Å². The monoisotopic (exact) mass is 368 g/mol. The second-order valence-corrected chi connectivity index (χ2v) is 6.77. The highest BCUT2D eigenvalue weighted by Crippen LogP contribution is 2.30. The molecule has 3 rings (SSSR count). The van der Waals surface area contributed by atoms with Crippen LogP contribution in [0.2, 0.25) is 0 Å². The van der Waals surface area contributed by atoms with Gasteiger partial charge in [-0.1, -0.05) is 0 Å². The van der Waals surface area contributed by atoms with Crippen molar-refractivity contribution in [2.75, 3.05) is 27.4 Å². The van der Waals surface area contributed by atoms with E-state index in [1.807, 2.05) is 0 Å². The Hall–Kier alpha value is -2.66. The first kappa shape index (κ1) is 19.1. The summed E-state index contributed by atoms with van der Waals surface area (Å²) in [6.45, 7) is 1.03. The van der Waals surface area contributed by atoms with Gasteiger partial charge in [0.05, 0.1) is 27.4 Å². The fraction of sp³-hybridized carbons (Fsp3) is 0.364. The van der Waals surface area contributed by atoms with Gasteiger partial charge in [0.2, 0.25) is 0 Å². The summed E-state index contributed by atoms with van der Waals surface area (Å²) < 4.78 is 15.8. The number of ether oxygens (including phenoxy) is 3. The van der Waals surface area contributed by atoms with E-state index in [9.17, 15) is 9.59 Å². The van der Waals surface area contributed by atoms with Gasteiger partial charge in [-0.15, -0.1) is 0 Å². The maximum Gasteiger partial charge on any atom is 0.163 e. The van der Waals surface area contributed by atoms with Crippen molar-refractivity contribution < 1.29 is 23.8 Å². The lowest BCUT2D eigenvalue weighted by Crippen LogP contribution is -2.20. The van der Waals surface area contributed by atoms with E-state index in [0.717, 1.165) is 11.5 Å². The van der Waals surface area contributed by atoms with E-state index < -0.39 is 0 Å². The Morgan fingerprint density at radius 3 is 1.48 bits per heavy atom. The van der Waals surface area contributed by atoms with Crippen molar-refractivity contribution in [3.8, 4) is 11.5 Å². The molecule has 1 aliphatic heterocycles. The molecule has 0 unspecified atom stereocenters. The normalized spacial score (nSPS) is 18.9. The molecule has 1 heterocycles. The maximum atomic E-state index is 12.6. The zero-order valence-electron chi connectivity index (χ0n) is 15.6. The van der Waals surface area contributed by atoms with E-state index in [-0.39, 0.29) is 23.4 Å². The average Bonchev–Trinajstić information content (AvgIpc) is 3.14. The molecular formula is C22H24O5. The van der Waals surface area contributed by atoms with Gasteiger partial charge in [-0.3, -0.25) is 9.59 Å². The van der Waals surface area contributed by atoms with E-state index in [2.05, 4.69) is 0 Å². The number of rotatable bonds is 8. The van der Waals surface area contributed by atoms with Crippen LogP contribution in [0.3, 0.4) is 0 Å². The molecule has 27 heavy (non-hydrogen) atoms. The second kappa shape index (κ2) is 8.82. The summed E-state index contributed by atoms with van der Waals surface area (Å²) >= 11 is 0. The van der Waals surface area contributed by atoms with Gasteiger partial charge in [0.15, 0.2) is 11.6 Å². The lowest BCUT2D eigenvalue weighted by Gasteiger charge is -2.16. The highest BCUT2D eigenvalue weighted by atomic mass is 16.5. The van der Waals surface area contributed by atoms with E-state index in [4.69, 9.17) is 14.2 Å². The van der Waals surface area contributed by atoms with Crippen molar-refractivity contribution in [1.29, 1.82) is 0 Å². The van der Waals surface area contributed by atoms with Crippen LogP contribution in [-0.2, 0) is 4.74 Å². The smallest absolute Gasteiger partial charge is 0.163 e. The van der Waals surface area contributed by atoms with Gasteiger partial charge in [-0.25, -0.2) is 0 Å². The number of benzene rings is 2. The first-order chi connectivity index (χ1) is 13.1. The summed E-state index contributed by atoms with van der Waals surface area (Å²) in [5.74, 6) is 1.69. The third-order valence-electron chi connectivity index (χ3n) is 5.05. The fourth-order valence-electron chi connectivity index (χ4n) is 3.36. The number of ketones is 2. The number of hydrogen-bond donors (Lipinski definition) is 0. The van der Waals surface area contributed by atoms with Crippen molar-refractivity contribution in [2.24, 2.45) is 11.8 Å². The molecule has 5 heteroatoms. The Morgan fingerprint density at radius 2 is 1.15 bits per heavy atom. The first-order valence-electron chi connectivity index (χ1n) is 9.03. The van der Waals surface area contributed by atoms with Crippen molar-refractivity contribution >= 4 is 11.6 Å². The van der Waals surface area contributed by atoms with Gasteiger partial charge in [0, 0.05) is 24.0 Å². The molecule has 5 nitrogen and oxygen atoms in total. The minimum atomic E-state index is 0.0572. The Balaban J connectivity index is 1.60. The summed E-state index contributed by atoms with van der Waals surface area (Å²) in [5, 5.41) is 0. The summed E-state index contributed by atoms with van der Waals surface area (Å²) in [7, 11) is 3.19. The zero-order valence-corrected chi connectivity index (χ0v) is 15.6. The maximum absolute atomic E-state index is 12.6. The molecule has 2 atom stereocenters. The molecule has 0 N–H and O–H groups in total. The third-order valence-corrected chi connectivity index (χ3v) is 5.05. The van der Waals surface area contributed by atoms with Gasteiger partial charge in [-0.2, -0.15) is 0 Å². The molecule has 0 saturated carbocycles. The van der Waals surface area contributed by atoms with Gasteiger partial charge in [0.25, 0.3) is 0 Å². The number of carbonyl (C=O) groups excluding carboxylic acids is 2. The van der Waals surface area contributed by atoms with E-state index in [1.165, 1.54) is 0 Å². The van der Waals surface area contributed by atoms with Crippen molar-refractivity contribution in [3.05, 3.63) is 59.7 Å². The molecule has 142 valence electrons. The van der Waals surface area contributed by atoms with Gasteiger partial charge in [-0.05, 0) is 60.4 Å². The van der Waals surface area contributed by atoms with E-state index in [0.29, 0.717) is 37.2 Å². The molecule has 0 bridgehead atoms. The van der Waals surface area contributed by atoms with Crippen LogP contribution in [-0.4, -0.2) is 39.0 Å². The predicted molar refractivity (Wildman–Crippen MR) is 102 cm³/mol. The third kappa shape index (κ3) is 4.74. The summed E-state index contributed by atoms with van der Waals surface area (Å²) in [4.78, 5) is 25.2. The molecule has 0 spiro atoms. The van der Waals surface area contributed by atoms with Crippen LogP contribution in [0.1, 0.15) is 33.6 Å². The quantitative estimate of drug-likeness (QED) is 0.663. The van der Waals surface area contributed by atoms with Crippen molar-refractivity contribution in [3.63, 3.8) is 0 Å². The lowest BCUT2D eigenvalue weighted by molar-refractivity contribution is 0.0912. The lowest BCUT2D eigenvalue weighted by atomic mass is 9.85. The van der Waals surface area contributed by atoms with Gasteiger partial charge in [0.1, 0.15) is 11.5 Å². The topological polar surface area (TPSA) is 61.8 Å². The summed E-state index contributed by atoms with van der Waals surface area (Å²) in [6.07, 6.45) is 0.764. The zero-order chi connectivity index (χ0) is 19.2. The van der Waals surface area contributed by atoms with Crippen LogP contribution in [0.4, 0.5) is 0 Å². The van der Waals surface area contributed by atoms with Crippen molar-refractivity contribution in [1.82, 2.24) is 0 Å². The first-order valence-corrected chi connectivity index (χ1v) is 9.03. The average molecular weight is 368 g/mol. The molecule has 0 amide bonds. The highest BCUT2D eigenvalue weighted by molar-refractivity contribution is 5.97. The Bertz CT molecular complexity index is 712. The standard InChI is InChI=1S/C22H24O5/c1-25-19-7-3-15(4-8-19)21(23)11-17-13-27-14-18(17)12-22(24)16-5-9-20(26-2)10-6-16/h3-10,17-18H,11-14H2,1-2H3/t17-,18-/m1/s1. The number of hydrogen-bond acceptors (Lipinski definition) is 5. The van der Waals surface area contributed by atoms with Crippen LogP contribution in [0.5, 0.6) is 11.5 Å². The van der Waals surface area contributed by atoms with Crippen LogP contribution < -0.4 is 9.47 Å². The second-order valence-electron chi connectivity index (χ2n) is 6.77. The highest BCUT2D eigenvalue weighted by Gasteiger charge is 2.32. The number of Topliss-reactive ketones (excluding diaryl/α,β-unsaturated/α-hetero) is 2. The Labute approximate surface area is 159 Å². The summed E-state index contributed by atoms with van der Waals surface area (Å²) in [6, 6.07) is 14.2. The molecule has 2 aromatic rings. The molecule has 1 saturated heterocycles.